The Kier molecular flexibility index (Phi) is 19.7. The molecule has 0 radical (unpaired) electrons. The van der Waals surface area contributed by atoms with E-state index in [1.54, 1.807) is 38.2 Å². The number of fused-ring (bicyclic) bond motifs is 3. The van der Waals surface area contributed by atoms with Gasteiger partial charge in [-0.25, -0.2) is 0 Å². The van der Waals surface area contributed by atoms with Gasteiger partial charge in [-0.15, -0.1) is 0 Å². The van der Waals surface area contributed by atoms with E-state index in [9.17, 15) is 39.0 Å². The first kappa shape index (κ1) is 56.8. The first-order chi connectivity index (χ1) is 35.2. The highest BCUT2D eigenvalue weighted by Crippen LogP contribution is 2.39. The number of nitrogens with one attached hydrogen (secondary N) is 7. The molecule has 3 aromatic carbocycles. The van der Waals surface area contributed by atoms with Gasteiger partial charge >= 0.3 is 0 Å². The summed E-state index contributed by atoms with van der Waals surface area (Å²) in [7, 11) is 2.05. The molecule has 1 aromatic heterocycles. The smallest absolute Gasteiger partial charge is 0.247 e. The number of H-pyrrole nitrogens is 1. The second kappa shape index (κ2) is 25.6. The summed E-state index contributed by atoms with van der Waals surface area (Å²) >= 11 is 0. The third-order valence-corrected chi connectivity index (χ3v) is 16.4. The Balaban J connectivity index is 1.45. The quantitative estimate of drug-likeness (QED) is 0.0696. The van der Waals surface area contributed by atoms with E-state index >= 15 is 9.59 Å². The Hall–Kier alpha value is -6.50. The van der Waals surface area contributed by atoms with Crippen molar-refractivity contribution in [1.29, 1.82) is 0 Å². The van der Waals surface area contributed by atoms with Crippen LogP contribution in [0, 0.1) is 0 Å². The number of aliphatic hydroxyl groups excluding tert-OH is 2. The van der Waals surface area contributed by atoms with Crippen LogP contribution in [0.15, 0.2) is 85.1 Å². The molecule has 10 atom stereocenters. The van der Waals surface area contributed by atoms with Crippen LogP contribution >= 0.6 is 21.6 Å². The van der Waals surface area contributed by atoms with Gasteiger partial charge in [0.05, 0.1) is 18.2 Å². The normalized spacial score (nSPS) is 23.8. The number of aromatic amines is 1. The summed E-state index contributed by atoms with van der Waals surface area (Å²) in [5, 5.41) is 38.2. The van der Waals surface area contributed by atoms with Crippen LogP contribution in [0.25, 0.3) is 10.9 Å². The number of carbonyl (C=O) groups is 8. The first-order valence-corrected chi connectivity index (χ1v) is 26.7. The summed E-state index contributed by atoms with van der Waals surface area (Å²) in [6.45, 7) is 5.63. The number of amides is 8. The van der Waals surface area contributed by atoms with Crippen molar-refractivity contribution in [3.05, 3.63) is 107 Å². The van der Waals surface area contributed by atoms with Crippen LogP contribution in [0.4, 0.5) is 0 Å². The number of nitrogens with zero attached hydrogens (tertiary/aromatic N) is 1. The molecule has 4 aromatic rings. The number of primary amides is 1. The van der Waals surface area contributed by atoms with Gasteiger partial charge in [-0.05, 0) is 81.8 Å². The Morgan fingerprint density at radius 1 is 0.838 bits per heavy atom. The van der Waals surface area contributed by atoms with E-state index in [0.717, 1.165) is 49.2 Å². The molecular weight excluding hydrogens is 991 g/mol. The zero-order chi connectivity index (χ0) is 53.9. The molecule has 0 spiro atoms. The number of benzene rings is 3. The predicted molar refractivity (Wildman–Crippen MR) is 281 cm³/mol. The predicted octanol–water partition coefficient (Wildman–Crippen LogP) is -0.698. The minimum atomic E-state index is -1.74. The molecule has 2 aliphatic rings. The van der Waals surface area contributed by atoms with E-state index in [2.05, 4.69) is 36.9 Å². The molecule has 8 amide bonds. The summed E-state index contributed by atoms with van der Waals surface area (Å²) < 4.78 is -1.40. The molecule has 398 valence electrons. The molecule has 6 rings (SSSR count). The van der Waals surface area contributed by atoms with Crippen molar-refractivity contribution in [2.75, 3.05) is 12.3 Å². The van der Waals surface area contributed by atoms with E-state index in [4.69, 9.17) is 17.2 Å². The molecule has 21 nitrogen and oxygen atoms in total. The fraction of sp³-hybridized carbons (Fsp3) is 0.451. The van der Waals surface area contributed by atoms with Gasteiger partial charge in [0.2, 0.25) is 47.3 Å². The third-order valence-electron chi connectivity index (χ3n) is 13.0. The number of rotatable bonds is 14. The van der Waals surface area contributed by atoms with Crippen LogP contribution in [0.3, 0.4) is 0 Å². The molecule has 0 aliphatic carbocycles. The van der Waals surface area contributed by atoms with E-state index in [0.29, 0.717) is 5.56 Å². The van der Waals surface area contributed by atoms with Crippen molar-refractivity contribution in [3.8, 4) is 0 Å². The van der Waals surface area contributed by atoms with Crippen LogP contribution in [0.2, 0.25) is 0 Å². The Morgan fingerprint density at radius 3 is 2.16 bits per heavy atom. The number of aliphatic hydroxyl groups is 2. The monoisotopic (exact) mass is 1060 g/mol. The van der Waals surface area contributed by atoms with Crippen LogP contribution in [-0.4, -0.2) is 145 Å². The highest BCUT2D eigenvalue weighted by atomic mass is 33.1. The van der Waals surface area contributed by atoms with Crippen LogP contribution in [0.5, 0.6) is 0 Å². The van der Waals surface area contributed by atoms with Crippen LogP contribution < -0.4 is 49.1 Å². The van der Waals surface area contributed by atoms with E-state index in [1.807, 2.05) is 60.7 Å². The fourth-order valence-corrected chi connectivity index (χ4v) is 11.7. The number of para-hydroxylation sites is 1. The van der Waals surface area contributed by atoms with Crippen molar-refractivity contribution < 1.29 is 48.6 Å². The van der Waals surface area contributed by atoms with E-state index < -0.39 is 113 Å². The maximum atomic E-state index is 15.3. The lowest BCUT2D eigenvalue weighted by Crippen LogP contribution is -2.65. The summed E-state index contributed by atoms with van der Waals surface area (Å²) in [5.41, 5.74) is 21.6. The van der Waals surface area contributed by atoms with Gasteiger partial charge in [0.25, 0.3) is 0 Å². The Labute approximate surface area is 436 Å². The van der Waals surface area contributed by atoms with E-state index in [1.165, 1.54) is 18.7 Å². The average Bonchev–Trinajstić information content (AvgIpc) is 3.78. The number of hydrogen-bond donors (Lipinski definition) is 12. The van der Waals surface area contributed by atoms with Crippen LogP contribution in [0.1, 0.15) is 62.8 Å². The topological polar surface area (TPSA) is 346 Å². The zero-order valence-corrected chi connectivity index (χ0v) is 43.3. The molecule has 1 fully saturated rings. The zero-order valence-electron chi connectivity index (χ0n) is 41.7. The Bertz CT molecular complexity index is 2670. The molecule has 74 heavy (non-hydrogen) atoms. The van der Waals surface area contributed by atoms with Crippen molar-refractivity contribution in [1.82, 2.24) is 41.8 Å². The number of hydrogen-bond acceptors (Lipinski definition) is 14. The molecule has 0 saturated carbocycles. The molecule has 23 heteroatoms. The summed E-state index contributed by atoms with van der Waals surface area (Å²) in [4.78, 5) is 119. The van der Waals surface area contributed by atoms with Crippen molar-refractivity contribution in [2.24, 2.45) is 17.2 Å². The Morgan fingerprint density at radius 2 is 1.49 bits per heavy atom. The van der Waals surface area contributed by atoms with Gasteiger partial charge in [0.15, 0.2) is 0 Å². The maximum absolute atomic E-state index is 15.3. The summed E-state index contributed by atoms with van der Waals surface area (Å²) in [6, 6.07) is 12.3. The maximum Gasteiger partial charge on any atom is 0.247 e. The lowest BCUT2D eigenvalue weighted by Gasteiger charge is -2.39. The second-order valence-corrected chi connectivity index (χ2v) is 22.2. The minimum absolute atomic E-state index is 0.0236. The van der Waals surface area contributed by atoms with Crippen molar-refractivity contribution >= 4 is 79.7 Å². The number of carbonyl (C=O) groups excluding carboxylic acids is 8. The minimum Gasteiger partial charge on any atom is -0.391 e. The average molecular weight is 1060 g/mol. The van der Waals surface area contributed by atoms with Crippen molar-refractivity contribution in [2.45, 2.75) is 132 Å². The summed E-state index contributed by atoms with van der Waals surface area (Å²) in [5.74, 6) is -7.04. The van der Waals surface area contributed by atoms with Gasteiger partial charge in [-0.2, -0.15) is 0 Å². The van der Waals surface area contributed by atoms with E-state index in [-0.39, 0.29) is 50.9 Å². The molecular formula is C51H67N11O10S2. The number of aromatic nitrogens is 1. The number of nitrogens with two attached hydrogens (primary N) is 3. The standard InChI is InChI=1S/C51H67N11O10S2/c1-27(63)40(43(54)65)59-49(71)42-51(3,4)74-73-26-38(58-44(66)34(53)21-29-13-6-5-7-14-29)50(72)62-25-31-16-9-8-15-30(31)23-39(62)47(69)57-37(22-32-24-55-35-18-11-10-17-33(32)35)46(68)56-36(19-12-20-52)45(67)60-41(28(2)64)48(70)61-42/h5-11,13-18,24,27-28,34,36-42,55,63-64H,12,19-23,25-26,52-53H2,1-4H3,(H2,54,65)(H,56,68)(H,57,69)(H,58,66)(H,59,71)(H,60,67)(H,61,70)/t27-,28-,34-,36?,37-,38+,39+,40+,41+,42-/m1/s1. The largest absolute Gasteiger partial charge is 0.391 e. The van der Waals surface area contributed by atoms with Gasteiger partial charge in [-0.3, -0.25) is 38.4 Å². The molecule has 0 bridgehead atoms. The molecule has 1 saturated heterocycles. The van der Waals surface area contributed by atoms with Gasteiger partial charge in [0.1, 0.15) is 42.3 Å². The summed E-state index contributed by atoms with van der Waals surface area (Å²) in [6.07, 6.45) is -1.11. The lowest BCUT2D eigenvalue weighted by molar-refractivity contribution is -0.145. The molecule has 1 unspecified atom stereocenters. The van der Waals surface area contributed by atoms with Crippen LogP contribution in [-0.2, 0) is 64.2 Å². The van der Waals surface area contributed by atoms with Gasteiger partial charge < -0.3 is 69.2 Å². The third kappa shape index (κ3) is 14.4. The molecule has 2 aliphatic heterocycles. The van der Waals surface area contributed by atoms with Gasteiger partial charge in [-0.1, -0.05) is 94.4 Å². The highest BCUT2D eigenvalue weighted by Gasteiger charge is 2.44. The van der Waals surface area contributed by atoms with Gasteiger partial charge in [0, 0.05) is 47.0 Å². The lowest BCUT2D eigenvalue weighted by atomic mass is 9.92. The first-order valence-electron chi connectivity index (χ1n) is 24.4. The van der Waals surface area contributed by atoms with Crippen molar-refractivity contribution in [3.63, 3.8) is 0 Å². The molecule has 3 heterocycles. The fourth-order valence-electron chi connectivity index (χ4n) is 8.88. The highest BCUT2D eigenvalue weighted by molar-refractivity contribution is 8.77. The molecule has 15 N–H and O–H groups in total. The second-order valence-electron chi connectivity index (χ2n) is 19.2. The SMILES string of the molecule is C[C@@H](O)[C@H](NC(=O)[C@H]1NC(=O)[C@H]([C@@H](C)O)NC(=O)C(CCCN)NC(=O)[C@@H](Cc2c[nH]c3ccccc23)NC(=O)[C@@H]2Cc3ccccc3CN2C(=O)[C@@H](NC(=O)[C@H](N)Cc2ccccc2)CSSC1(C)C)C(N)=O.